The summed E-state index contributed by atoms with van der Waals surface area (Å²) in [5, 5.41) is 28.3. The predicted octanol–water partition coefficient (Wildman–Crippen LogP) is 19.9. The first-order valence-corrected chi connectivity index (χ1v) is 45.6. The number of nitrogens with two attached hydrogens (primary N) is 3. The van der Waals surface area contributed by atoms with Crippen LogP contribution in [0.15, 0.2) is 107 Å². The third kappa shape index (κ3) is 17.9. The Morgan fingerprint density at radius 3 is 0.993 bits per heavy atom. The third-order valence-corrected chi connectivity index (χ3v) is 26.9. The van der Waals surface area contributed by atoms with Crippen LogP contribution in [0.4, 0.5) is 64.9 Å². The van der Waals surface area contributed by atoms with Crippen LogP contribution < -0.4 is 48.6 Å². The molecule has 3 aliphatic rings. The highest BCUT2D eigenvalue weighted by Gasteiger charge is 2.40. The number of pyridine rings is 9. The first kappa shape index (κ1) is 102. The van der Waals surface area contributed by atoms with Crippen molar-refractivity contribution < 1.29 is 45.1 Å². The van der Waals surface area contributed by atoms with Crippen LogP contribution >= 0.6 is 92.8 Å². The number of amides is 3. The zero-order chi connectivity index (χ0) is 101. The number of fused-ring (bicyclic) bond motifs is 3. The molecule has 3 atom stereocenters. The van der Waals surface area contributed by atoms with Crippen LogP contribution in [0.5, 0.6) is 0 Å². The average molecular weight is 2040 g/mol. The van der Waals surface area contributed by atoms with Crippen LogP contribution in [0.25, 0.3) is 83.9 Å². The van der Waals surface area contributed by atoms with E-state index < -0.39 is 116 Å². The Kier molecular flexibility index (Phi) is 30.1. The van der Waals surface area contributed by atoms with Crippen molar-refractivity contribution in [2.24, 2.45) is 0 Å². The lowest BCUT2D eigenvalue weighted by atomic mass is 10.0. The fourth-order valence-corrected chi connectivity index (χ4v) is 19.5. The van der Waals surface area contributed by atoms with E-state index in [4.69, 9.17) is 120 Å². The molecule has 0 bridgehead atoms. The van der Waals surface area contributed by atoms with Crippen LogP contribution in [0, 0.1) is 95.5 Å². The maximum Gasteiger partial charge on any atom is 0.276 e. The van der Waals surface area contributed by atoms with Gasteiger partial charge in [0.15, 0.2) is 40.7 Å². The van der Waals surface area contributed by atoms with E-state index in [1.807, 2.05) is 78.2 Å². The Balaban J connectivity index is 0.000000175. The number of halogens is 15. The van der Waals surface area contributed by atoms with E-state index in [0.29, 0.717) is 62.8 Å². The summed E-state index contributed by atoms with van der Waals surface area (Å²) in [5.41, 5.74) is 14.3. The van der Waals surface area contributed by atoms with E-state index in [1.54, 1.807) is 77.2 Å². The summed E-state index contributed by atoms with van der Waals surface area (Å²) in [6.07, 6.45) is 8.49. The number of rotatable bonds is 15. The van der Waals surface area contributed by atoms with Crippen LogP contribution in [-0.2, 0) is 14.4 Å². The van der Waals surface area contributed by atoms with Gasteiger partial charge in [0, 0.05) is 117 Å². The van der Waals surface area contributed by atoms with Crippen molar-refractivity contribution in [3.8, 4) is 69.0 Å². The molecule has 6 N–H and O–H groups in total. The number of hydrogen-bond acceptors (Lipinski definition) is 21. The van der Waals surface area contributed by atoms with E-state index in [1.165, 1.54) is 50.1 Å². The van der Waals surface area contributed by atoms with Gasteiger partial charge in [-0.1, -0.05) is 154 Å². The summed E-state index contributed by atoms with van der Waals surface area (Å²) in [7, 11) is 0. The summed E-state index contributed by atoms with van der Waals surface area (Å²) in [4.78, 5) is 119. The Labute approximate surface area is 825 Å². The highest BCUT2D eigenvalue weighted by molar-refractivity contribution is 6.45. The first-order valence-electron chi connectivity index (χ1n) is 42.6. The molecule has 3 fully saturated rings. The van der Waals surface area contributed by atoms with Crippen molar-refractivity contribution in [2.75, 3.05) is 90.8 Å². The lowest BCUT2D eigenvalue weighted by Gasteiger charge is -2.41. The highest BCUT2D eigenvalue weighted by Crippen LogP contribution is 2.50. The number of aromatic nitrogens is 9. The van der Waals surface area contributed by atoms with Gasteiger partial charge < -0.3 is 46.6 Å². The van der Waals surface area contributed by atoms with Crippen LogP contribution in [-0.4, -0.2) is 153 Å². The van der Waals surface area contributed by atoms with Gasteiger partial charge in [-0.05, 0) is 131 Å². The molecule has 0 saturated carbocycles. The fraction of sp³-hybridized carbons (Fsp3) is 0.281. The van der Waals surface area contributed by atoms with Crippen molar-refractivity contribution in [2.45, 2.75) is 119 Å². The lowest BCUT2D eigenvalue weighted by Crippen LogP contribution is -2.54. The molecule has 12 heterocycles. The van der Waals surface area contributed by atoms with Crippen LogP contribution in [0.2, 0.25) is 40.2 Å². The second-order valence-electron chi connectivity index (χ2n) is 33.8. The molecular formula is C96H84Cl8F7N21O6. The normalized spacial score (nSPS) is 15.0. The number of hydrogen-bond donors (Lipinski definition) is 3. The number of nitrogens with zero attached hydrogens (tertiary/aromatic N) is 18. The van der Waals surface area contributed by atoms with Crippen molar-refractivity contribution >= 4 is 178 Å². The molecule has 42 heteroatoms. The van der Waals surface area contributed by atoms with E-state index in [9.17, 15) is 62.1 Å². The molecule has 0 spiro atoms. The van der Waals surface area contributed by atoms with Crippen molar-refractivity contribution in [3.05, 3.63) is 255 Å². The Morgan fingerprint density at radius 2 is 0.696 bits per heavy atom. The van der Waals surface area contributed by atoms with E-state index >= 15 is 13.2 Å². The molecule has 0 radical (unpaired) electrons. The van der Waals surface area contributed by atoms with Crippen LogP contribution in [0.3, 0.4) is 0 Å². The Bertz CT molecular complexity index is 6790. The Morgan fingerprint density at radius 1 is 0.399 bits per heavy atom. The second-order valence-corrected chi connectivity index (χ2v) is 36.9. The van der Waals surface area contributed by atoms with E-state index in [-0.39, 0.29) is 199 Å². The fourth-order valence-electron chi connectivity index (χ4n) is 17.5. The van der Waals surface area contributed by atoms with Gasteiger partial charge in [-0.15, -0.1) is 0 Å². The van der Waals surface area contributed by atoms with E-state index in [2.05, 4.69) is 51.8 Å². The number of nitriles is 3. The lowest BCUT2D eigenvalue weighted by molar-refractivity contribution is -0.129. The zero-order valence-corrected chi connectivity index (χ0v) is 81.8. The minimum Gasteiger partial charge on any atom is -0.395 e. The van der Waals surface area contributed by atoms with Gasteiger partial charge in [-0.25, -0.2) is 45.7 Å². The number of anilines is 6. The molecule has 3 aromatic carbocycles. The molecule has 714 valence electrons. The molecule has 0 aliphatic carbocycles. The number of piperazine rings is 3. The summed E-state index contributed by atoms with van der Waals surface area (Å²) in [5.74, 6) is -11.1. The van der Waals surface area contributed by atoms with Gasteiger partial charge in [0.2, 0.25) is 17.7 Å². The van der Waals surface area contributed by atoms with Crippen molar-refractivity contribution in [3.63, 3.8) is 0 Å². The minimum atomic E-state index is -1.49. The number of carbonyl (C=O) groups excluding carboxylic acids is 3. The molecule has 0 unspecified atom stereocenters. The summed E-state index contributed by atoms with van der Waals surface area (Å²) in [6, 6.07) is 14.6. The number of nitrogen functional groups attached to an aromatic ring is 3. The number of aryl methyl sites for hydroxylation is 3. The molecule has 138 heavy (non-hydrogen) atoms. The molecule has 3 saturated heterocycles. The smallest absolute Gasteiger partial charge is 0.276 e. The number of carbonyl (C=O) groups is 3. The van der Waals surface area contributed by atoms with Gasteiger partial charge >= 0.3 is 0 Å². The number of benzene rings is 3. The van der Waals surface area contributed by atoms with Crippen molar-refractivity contribution in [1.82, 2.24) is 58.3 Å². The largest absolute Gasteiger partial charge is 0.395 e. The maximum absolute atomic E-state index is 15.6. The minimum absolute atomic E-state index is 0.00290. The highest BCUT2D eigenvalue weighted by atomic mass is 35.5. The topological polar surface area (TPSA) is 363 Å². The van der Waals surface area contributed by atoms with Gasteiger partial charge in [0.25, 0.3) is 16.7 Å². The second kappa shape index (κ2) is 40.5. The molecular weight excluding hydrogens is 1960 g/mol. The summed E-state index contributed by atoms with van der Waals surface area (Å²) in [6.45, 7) is 35.2. The predicted molar refractivity (Wildman–Crippen MR) is 526 cm³/mol. The molecule has 9 aromatic heterocycles. The summed E-state index contributed by atoms with van der Waals surface area (Å²) >= 11 is 51.1. The van der Waals surface area contributed by atoms with Gasteiger partial charge in [0.1, 0.15) is 68.2 Å². The first-order chi connectivity index (χ1) is 65.2. The monoisotopic (exact) mass is 2040 g/mol. The van der Waals surface area contributed by atoms with Gasteiger partial charge in [0.05, 0.1) is 120 Å². The molecule has 27 nitrogen and oxygen atoms in total. The van der Waals surface area contributed by atoms with Gasteiger partial charge in [-0.2, -0.15) is 15.8 Å². The third-order valence-electron chi connectivity index (χ3n) is 24.1. The molecule has 3 aliphatic heterocycles. The van der Waals surface area contributed by atoms with Crippen molar-refractivity contribution in [1.29, 1.82) is 15.8 Å². The molecule has 15 rings (SSSR count). The quantitative estimate of drug-likeness (QED) is 0.0282. The van der Waals surface area contributed by atoms with Gasteiger partial charge in [-0.3, -0.25) is 57.4 Å². The SMILES string of the molecule is C=CC(=O)N1CCN(c2c(C#N)c(=O)n(-c3c(C)ccnc3C(C)C)c3nc(-c4c(Cl)c(N)c(F)c(F)c4Cl)c(Cl)cc23)C[C@H]1C.C=CC(=O)N1CCN(c2c(C#N)c(=O)n(-c3c(C)ccnc3C(C)C)c3nc(-c4c(F)c(N)c(F)c(Cl)c4Cl)c(Cl)cc23)C[C@H]1C.C=CC(=O)N1CCN(c2c(C#N)c(=O)n(-c3c(C)ccnc3C(C)C)c3nc(-c4c(F)c(N)c(F)c(Cl)c4F)c(Cl)cc23)C[C@H]1C. The standard InChI is InChI=1S/2C32H28Cl3F2N7O2.C32H28Cl2F3N7O2/c1-6-20(45)43-10-9-42(13-16(43)5)30-17-11-19(33)28(21-22(34)23(35)25(37)26(39)24(21)36)41-31(17)44(32(46)18(30)12-38)29-15(4)7-8-40-27(29)14(2)3;1-6-20(45)43-10-9-42(13-16(43)5)30-17-11-19(33)28(21-22(34)24(36)25(37)26(39)23(21)35)41-31(17)44(32(46)18(30)12-38)29-15(4)7-8-40-27(29)14(2)3;1-6-20(45)43-10-9-42(13-16(43)5)30-17-11-19(33)28(21-23(35)22(34)25(37)26(39)24(21)36)41-31(17)44(32(46)18(30)12-38)29-15(4)7-8-40-27(29)14(2)3/h3*6-8,11,14,16H,1,9-10,13,39H2,2-5H3/t3*16-/m111/s1. The van der Waals surface area contributed by atoms with E-state index in [0.717, 1.165) is 0 Å². The molecule has 3 amide bonds. The molecule has 12 aromatic rings. The van der Waals surface area contributed by atoms with Crippen LogP contribution in [0.1, 0.15) is 131 Å². The summed E-state index contributed by atoms with van der Waals surface area (Å²) < 4.78 is 108. The zero-order valence-electron chi connectivity index (χ0n) is 75.8. The maximum atomic E-state index is 15.6. The Hall–Kier alpha value is -13.1. The average Bonchev–Trinajstić information content (AvgIpc) is 0.726.